The van der Waals surface area contributed by atoms with E-state index in [0.717, 1.165) is 5.56 Å². The Labute approximate surface area is 132 Å². The first-order valence-corrected chi connectivity index (χ1v) is 6.89. The fourth-order valence-electron chi connectivity index (χ4n) is 1.89. The van der Waals surface area contributed by atoms with Crippen LogP contribution in [0.2, 0.25) is 0 Å². The van der Waals surface area contributed by atoms with Crippen LogP contribution in [-0.2, 0) is 11.2 Å². The topological polar surface area (TPSA) is 105 Å². The molecule has 23 heavy (non-hydrogen) atoms. The first kappa shape index (κ1) is 16.2. The van der Waals surface area contributed by atoms with Crippen LogP contribution in [0.15, 0.2) is 53.6 Å². The Morgan fingerprint density at radius 2 is 2.00 bits per heavy atom. The average Bonchev–Trinajstić information content (AvgIpc) is 2.55. The van der Waals surface area contributed by atoms with Crippen molar-refractivity contribution in [2.24, 2.45) is 5.10 Å². The van der Waals surface area contributed by atoms with Gasteiger partial charge in [-0.25, -0.2) is 5.43 Å². The Hall–Kier alpha value is -3.22. The zero-order valence-electron chi connectivity index (χ0n) is 12.2. The van der Waals surface area contributed by atoms with Crippen molar-refractivity contribution >= 4 is 17.8 Å². The smallest absolute Gasteiger partial charge is 0.270 e. The number of nitrogens with zero attached hydrogens (tertiary/aromatic N) is 2. The Morgan fingerprint density at radius 3 is 2.70 bits per heavy atom. The van der Waals surface area contributed by atoms with E-state index in [-0.39, 0.29) is 29.3 Å². The maximum atomic E-state index is 11.7. The molecule has 2 N–H and O–H groups in total. The number of hydrazone groups is 1. The molecular weight excluding hydrogens is 298 g/mol. The third kappa shape index (κ3) is 4.92. The summed E-state index contributed by atoms with van der Waals surface area (Å²) in [6.07, 6.45) is 2.02. The van der Waals surface area contributed by atoms with Crippen molar-refractivity contribution in [3.8, 4) is 5.75 Å². The fraction of sp³-hybridized carbons (Fsp3) is 0.125. The van der Waals surface area contributed by atoms with Gasteiger partial charge in [-0.3, -0.25) is 14.9 Å². The average molecular weight is 313 g/mol. The second-order valence-electron chi connectivity index (χ2n) is 4.78. The highest BCUT2D eigenvalue weighted by Gasteiger charge is 2.08. The molecule has 0 spiro atoms. The summed E-state index contributed by atoms with van der Waals surface area (Å²) in [5.74, 6) is -0.437. The summed E-state index contributed by atoms with van der Waals surface area (Å²) in [6.45, 7) is 0. The summed E-state index contributed by atoms with van der Waals surface area (Å²) in [7, 11) is 0. The largest absolute Gasteiger partial charge is 0.507 e. The van der Waals surface area contributed by atoms with E-state index in [1.54, 1.807) is 0 Å². The second-order valence-corrected chi connectivity index (χ2v) is 4.78. The molecule has 2 aromatic rings. The van der Waals surface area contributed by atoms with Crippen molar-refractivity contribution in [2.75, 3.05) is 0 Å². The first-order valence-electron chi connectivity index (χ1n) is 6.89. The first-order chi connectivity index (χ1) is 11.1. The molecule has 0 aliphatic heterocycles. The van der Waals surface area contributed by atoms with Crippen LogP contribution in [0.3, 0.4) is 0 Å². The van der Waals surface area contributed by atoms with Crippen molar-refractivity contribution in [1.82, 2.24) is 5.43 Å². The predicted molar refractivity (Wildman–Crippen MR) is 85.3 cm³/mol. The number of hydrogen-bond acceptors (Lipinski definition) is 5. The zero-order chi connectivity index (χ0) is 16.7. The lowest BCUT2D eigenvalue weighted by atomic mass is 10.1. The fourth-order valence-corrected chi connectivity index (χ4v) is 1.89. The molecule has 0 heterocycles. The Kier molecular flexibility index (Phi) is 5.40. The maximum Gasteiger partial charge on any atom is 0.270 e. The van der Waals surface area contributed by atoms with Gasteiger partial charge in [0, 0.05) is 24.1 Å². The predicted octanol–water partition coefficient (Wildman–Crippen LogP) is 2.38. The molecule has 0 aromatic heterocycles. The van der Waals surface area contributed by atoms with Crippen molar-refractivity contribution < 1.29 is 14.8 Å². The maximum absolute atomic E-state index is 11.7. The monoisotopic (exact) mass is 313 g/mol. The quantitative estimate of drug-likeness (QED) is 0.485. The summed E-state index contributed by atoms with van der Waals surface area (Å²) >= 11 is 0. The van der Waals surface area contributed by atoms with E-state index in [9.17, 15) is 20.0 Å². The number of nitro groups is 1. The van der Waals surface area contributed by atoms with Gasteiger partial charge in [0.2, 0.25) is 5.91 Å². The van der Waals surface area contributed by atoms with Crippen molar-refractivity contribution in [3.63, 3.8) is 0 Å². The van der Waals surface area contributed by atoms with Gasteiger partial charge in [-0.05, 0) is 18.1 Å². The lowest BCUT2D eigenvalue weighted by Gasteiger charge is -2.01. The number of rotatable bonds is 6. The van der Waals surface area contributed by atoms with Gasteiger partial charge in [-0.2, -0.15) is 5.10 Å². The van der Waals surface area contributed by atoms with E-state index in [1.807, 2.05) is 30.3 Å². The highest BCUT2D eigenvalue weighted by molar-refractivity contribution is 5.86. The van der Waals surface area contributed by atoms with Gasteiger partial charge in [0.15, 0.2) is 0 Å². The Bertz CT molecular complexity index is 729. The molecule has 0 bridgehead atoms. The van der Waals surface area contributed by atoms with Crippen molar-refractivity contribution in [2.45, 2.75) is 12.8 Å². The van der Waals surface area contributed by atoms with E-state index >= 15 is 0 Å². The van der Waals surface area contributed by atoms with Gasteiger partial charge in [0.05, 0.1) is 11.1 Å². The number of carbonyl (C=O) groups excluding carboxylic acids is 1. The summed E-state index contributed by atoms with van der Waals surface area (Å²) in [5, 5.41) is 24.0. The summed E-state index contributed by atoms with van der Waals surface area (Å²) in [6, 6.07) is 13.1. The van der Waals surface area contributed by atoms with Gasteiger partial charge in [0.25, 0.3) is 5.69 Å². The highest BCUT2D eigenvalue weighted by atomic mass is 16.6. The lowest BCUT2D eigenvalue weighted by molar-refractivity contribution is -0.384. The van der Waals surface area contributed by atoms with Gasteiger partial charge >= 0.3 is 0 Å². The molecule has 2 aromatic carbocycles. The van der Waals surface area contributed by atoms with Crippen LogP contribution in [0.25, 0.3) is 0 Å². The number of nitro benzene ring substituents is 1. The molecule has 1 amide bonds. The van der Waals surface area contributed by atoms with Gasteiger partial charge < -0.3 is 5.11 Å². The molecule has 7 heteroatoms. The zero-order valence-corrected chi connectivity index (χ0v) is 12.2. The molecule has 0 unspecified atom stereocenters. The SMILES string of the molecule is O=C(CCc1ccccc1)N/N=C/c1cc([N+](=O)[O-])ccc1O. The molecular formula is C16H15N3O4. The van der Waals surface area contributed by atoms with Gasteiger partial charge in [-0.1, -0.05) is 30.3 Å². The van der Waals surface area contributed by atoms with Crippen LogP contribution in [0.1, 0.15) is 17.5 Å². The van der Waals surface area contributed by atoms with Gasteiger partial charge in [-0.15, -0.1) is 0 Å². The molecule has 7 nitrogen and oxygen atoms in total. The molecule has 0 aliphatic carbocycles. The number of non-ortho nitro benzene ring substituents is 1. The van der Waals surface area contributed by atoms with E-state index in [0.29, 0.717) is 6.42 Å². The van der Waals surface area contributed by atoms with Crippen LogP contribution in [0.4, 0.5) is 5.69 Å². The highest BCUT2D eigenvalue weighted by Crippen LogP contribution is 2.21. The number of aryl methyl sites for hydroxylation is 1. The number of carbonyl (C=O) groups is 1. The summed E-state index contributed by atoms with van der Waals surface area (Å²) < 4.78 is 0. The van der Waals surface area contributed by atoms with Crippen LogP contribution >= 0.6 is 0 Å². The summed E-state index contributed by atoms with van der Waals surface area (Å²) in [4.78, 5) is 21.8. The molecule has 0 fully saturated rings. The van der Waals surface area contributed by atoms with E-state index < -0.39 is 4.92 Å². The normalized spacial score (nSPS) is 10.6. The third-order valence-corrected chi connectivity index (χ3v) is 3.10. The molecule has 118 valence electrons. The minimum absolute atomic E-state index is 0.155. The number of benzene rings is 2. The summed E-state index contributed by atoms with van der Waals surface area (Å²) in [5.41, 5.74) is 3.36. The molecule has 0 aliphatic rings. The number of hydrogen-bond donors (Lipinski definition) is 2. The molecule has 0 atom stereocenters. The van der Waals surface area contributed by atoms with E-state index in [4.69, 9.17) is 0 Å². The Balaban J connectivity index is 1.90. The van der Waals surface area contributed by atoms with Crippen LogP contribution in [-0.4, -0.2) is 22.2 Å². The minimum atomic E-state index is -0.574. The Morgan fingerprint density at radius 1 is 1.26 bits per heavy atom. The second kappa shape index (κ2) is 7.69. The number of phenols is 1. The number of amides is 1. The van der Waals surface area contributed by atoms with Crippen molar-refractivity contribution in [1.29, 1.82) is 0 Å². The number of nitrogens with one attached hydrogen (secondary N) is 1. The molecule has 0 radical (unpaired) electrons. The molecule has 2 rings (SSSR count). The minimum Gasteiger partial charge on any atom is -0.507 e. The standard InChI is InChI=1S/C16H15N3O4/c20-15-8-7-14(19(22)23)10-13(15)11-17-18-16(21)9-6-12-4-2-1-3-5-12/h1-5,7-8,10-11,20H,6,9H2,(H,18,21)/b17-11+. The van der Waals surface area contributed by atoms with Crippen LogP contribution in [0.5, 0.6) is 5.75 Å². The van der Waals surface area contributed by atoms with Crippen LogP contribution in [0, 0.1) is 10.1 Å². The lowest BCUT2D eigenvalue weighted by Crippen LogP contribution is -2.17. The van der Waals surface area contributed by atoms with E-state index in [2.05, 4.69) is 10.5 Å². The molecule has 0 saturated heterocycles. The van der Waals surface area contributed by atoms with E-state index in [1.165, 1.54) is 24.4 Å². The third-order valence-electron chi connectivity index (χ3n) is 3.10. The van der Waals surface area contributed by atoms with Crippen molar-refractivity contribution in [3.05, 3.63) is 69.8 Å². The van der Waals surface area contributed by atoms with Crippen LogP contribution < -0.4 is 5.43 Å². The molecule has 0 saturated carbocycles. The number of aromatic hydroxyl groups is 1. The number of phenolic OH excluding ortho intramolecular Hbond substituents is 1. The van der Waals surface area contributed by atoms with Gasteiger partial charge in [0.1, 0.15) is 5.75 Å².